The van der Waals surface area contributed by atoms with Crippen molar-refractivity contribution in [3.63, 3.8) is 0 Å². The van der Waals surface area contributed by atoms with E-state index in [4.69, 9.17) is 0 Å². The van der Waals surface area contributed by atoms with E-state index in [1.807, 2.05) is 19.1 Å². The second-order valence-electron chi connectivity index (χ2n) is 3.99. The van der Waals surface area contributed by atoms with Crippen molar-refractivity contribution in [1.29, 1.82) is 0 Å². The molecule has 1 aromatic carbocycles. The molecule has 1 saturated carbocycles. The Labute approximate surface area is 86.9 Å². The average Bonchev–Trinajstić information content (AvgIpc) is 2.67. The van der Waals surface area contributed by atoms with Crippen molar-refractivity contribution in [2.75, 3.05) is 0 Å². The minimum Gasteiger partial charge on any atom is -0.385 e. The van der Waals surface area contributed by atoms with Gasteiger partial charge in [0.1, 0.15) is 0 Å². The van der Waals surface area contributed by atoms with E-state index < -0.39 is 5.60 Å². The monoisotopic (exact) mass is 240 g/mol. The van der Waals surface area contributed by atoms with Crippen molar-refractivity contribution in [1.82, 2.24) is 0 Å². The molecule has 0 saturated heterocycles. The fourth-order valence-electron chi connectivity index (χ4n) is 1.72. The van der Waals surface area contributed by atoms with E-state index in [0.29, 0.717) is 5.92 Å². The van der Waals surface area contributed by atoms with E-state index in [9.17, 15) is 5.11 Å². The number of aliphatic hydroxyl groups is 1. The highest BCUT2D eigenvalue weighted by Gasteiger charge is 2.50. The first kappa shape index (κ1) is 9.22. The molecule has 2 unspecified atom stereocenters. The maximum absolute atomic E-state index is 10.1. The predicted octanol–water partition coefficient (Wildman–Crippen LogP) is 2.98. The summed E-state index contributed by atoms with van der Waals surface area (Å²) >= 11 is 3.45. The largest absolute Gasteiger partial charge is 0.385 e. The molecule has 0 heterocycles. The molecule has 1 aliphatic rings. The predicted molar refractivity (Wildman–Crippen MR) is 56.6 cm³/mol. The fourth-order valence-corrected chi connectivity index (χ4v) is 1.97. The second-order valence-corrected chi connectivity index (χ2v) is 4.85. The van der Waals surface area contributed by atoms with Crippen molar-refractivity contribution < 1.29 is 5.11 Å². The van der Waals surface area contributed by atoms with E-state index in [0.717, 1.165) is 16.5 Å². The van der Waals surface area contributed by atoms with Gasteiger partial charge in [-0.25, -0.2) is 0 Å². The van der Waals surface area contributed by atoms with Crippen molar-refractivity contribution in [2.24, 2.45) is 5.92 Å². The van der Waals surface area contributed by atoms with Crippen LogP contribution in [0.5, 0.6) is 0 Å². The summed E-state index contributed by atoms with van der Waals surface area (Å²) in [6.45, 7) is 4.13. The van der Waals surface area contributed by atoms with Crippen LogP contribution in [-0.2, 0) is 5.60 Å². The van der Waals surface area contributed by atoms with Crippen LogP contribution < -0.4 is 0 Å². The Hall–Kier alpha value is -0.340. The van der Waals surface area contributed by atoms with Gasteiger partial charge in [0.05, 0.1) is 5.60 Å². The number of hydrogen-bond acceptors (Lipinski definition) is 1. The highest BCUT2D eigenvalue weighted by atomic mass is 79.9. The lowest BCUT2D eigenvalue weighted by molar-refractivity contribution is 0.134. The molecule has 2 heteroatoms. The van der Waals surface area contributed by atoms with Crippen LogP contribution in [0.2, 0.25) is 0 Å². The van der Waals surface area contributed by atoms with Gasteiger partial charge < -0.3 is 5.11 Å². The second kappa shape index (κ2) is 2.82. The molecule has 70 valence electrons. The van der Waals surface area contributed by atoms with Crippen LogP contribution in [0.3, 0.4) is 0 Å². The summed E-state index contributed by atoms with van der Waals surface area (Å²) in [4.78, 5) is 0. The third-order valence-corrected chi connectivity index (χ3v) is 3.82. The first-order valence-electron chi connectivity index (χ1n) is 4.53. The van der Waals surface area contributed by atoms with Crippen LogP contribution in [0.15, 0.2) is 22.7 Å². The summed E-state index contributed by atoms with van der Waals surface area (Å²) in [6.07, 6.45) is 0.897. The van der Waals surface area contributed by atoms with E-state index in [2.05, 4.69) is 28.9 Å². The minimum atomic E-state index is -0.536. The summed E-state index contributed by atoms with van der Waals surface area (Å²) in [5.74, 6) is 0.410. The molecule has 1 aliphatic carbocycles. The summed E-state index contributed by atoms with van der Waals surface area (Å²) in [6, 6.07) is 6.07. The molecule has 1 fully saturated rings. The lowest BCUT2D eigenvalue weighted by Gasteiger charge is -2.10. The normalized spacial score (nSPS) is 31.8. The van der Waals surface area contributed by atoms with Gasteiger partial charge in [-0.1, -0.05) is 35.0 Å². The molecule has 0 aliphatic heterocycles. The Bertz CT molecular complexity index is 348. The molecule has 2 atom stereocenters. The number of rotatable bonds is 1. The molecule has 0 aromatic heterocycles. The van der Waals surface area contributed by atoms with Gasteiger partial charge in [0.15, 0.2) is 0 Å². The van der Waals surface area contributed by atoms with E-state index in [1.54, 1.807) is 0 Å². The lowest BCUT2D eigenvalue weighted by atomic mass is 10.0. The Morgan fingerprint density at radius 3 is 2.62 bits per heavy atom. The third kappa shape index (κ3) is 1.42. The summed E-state index contributed by atoms with van der Waals surface area (Å²) in [5, 5.41) is 10.1. The molecule has 1 nitrogen and oxygen atoms in total. The van der Waals surface area contributed by atoms with Crippen LogP contribution in [0.25, 0.3) is 0 Å². The van der Waals surface area contributed by atoms with E-state index in [-0.39, 0.29) is 0 Å². The number of hydrogen-bond donors (Lipinski definition) is 1. The first-order chi connectivity index (χ1) is 6.04. The molecule has 0 spiro atoms. The van der Waals surface area contributed by atoms with Gasteiger partial charge in [-0.2, -0.15) is 0 Å². The number of aryl methyl sites for hydroxylation is 1. The van der Waals surface area contributed by atoms with Gasteiger partial charge in [0.2, 0.25) is 0 Å². The fraction of sp³-hybridized carbons (Fsp3) is 0.455. The van der Waals surface area contributed by atoms with Crippen LogP contribution in [0.1, 0.15) is 24.5 Å². The van der Waals surface area contributed by atoms with E-state index >= 15 is 0 Å². The van der Waals surface area contributed by atoms with Gasteiger partial charge in [0.25, 0.3) is 0 Å². The van der Waals surface area contributed by atoms with Crippen molar-refractivity contribution in [3.05, 3.63) is 33.8 Å². The van der Waals surface area contributed by atoms with Gasteiger partial charge in [0, 0.05) is 4.47 Å². The van der Waals surface area contributed by atoms with Crippen molar-refractivity contribution >= 4 is 15.9 Å². The minimum absolute atomic E-state index is 0.410. The third-order valence-electron chi connectivity index (χ3n) is 2.93. The topological polar surface area (TPSA) is 20.2 Å². The quantitative estimate of drug-likeness (QED) is 0.801. The van der Waals surface area contributed by atoms with Gasteiger partial charge in [-0.05, 0) is 36.5 Å². The Morgan fingerprint density at radius 1 is 1.54 bits per heavy atom. The molecule has 0 radical (unpaired) electrons. The Balaban J connectivity index is 2.38. The van der Waals surface area contributed by atoms with Gasteiger partial charge in [-0.15, -0.1) is 0 Å². The summed E-state index contributed by atoms with van der Waals surface area (Å²) < 4.78 is 1.10. The highest BCUT2D eigenvalue weighted by Crippen LogP contribution is 2.51. The molecular weight excluding hydrogens is 228 g/mol. The highest BCUT2D eigenvalue weighted by molar-refractivity contribution is 9.10. The number of halogens is 1. The molecular formula is C11H13BrO. The Morgan fingerprint density at radius 2 is 2.15 bits per heavy atom. The first-order valence-corrected chi connectivity index (χ1v) is 5.32. The molecule has 13 heavy (non-hydrogen) atoms. The maximum Gasteiger partial charge on any atom is 0.0926 e. The van der Waals surface area contributed by atoms with Crippen LogP contribution in [0, 0.1) is 12.8 Å². The van der Waals surface area contributed by atoms with Gasteiger partial charge >= 0.3 is 0 Å². The average molecular weight is 241 g/mol. The summed E-state index contributed by atoms with van der Waals surface area (Å²) in [7, 11) is 0. The van der Waals surface area contributed by atoms with E-state index in [1.165, 1.54) is 5.56 Å². The SMILES string of the molecule is Cc1cc(C2(O)CC2C)ccc1Br. The van der Waals surface area contributed by atoms with Crippen LogP contribution >= 0.6 is 15.9 Å². The Kier molecular flexibility index (Phi) is 2.00. The van der Waals surface area contributed by atoms with Gasteiger partial charge in [-0.3, -0.25) is 0 Å². The van der Waals surface area contributed by atoms with Crippen LogP contribution in [0.4, 0.5) is 0 Å². The van der Waals surface area contributed by atoms with Crippen molar-refractivity contribution in [3.8, 4) is 0 Å². The summed E-state index contributed by atoms with van der Waals surface area (Å²) in [5.41, 5.74) is 1.71. The molecule has 0 bridgehead atoms. The van der Waals surface area contributed by atoms with Crippen molar-refractivity contribution in [2.45, 2.75) is 25.9 Å². The molecule has 0 amide bonds. The number of benzene rings is 1. The molecule has 1 aromatic rings. The standard InChI is InChI=1S/C11H13BrO/c1-7-5-9(3-4-10(7)12)11(13)6-8(11)2/h3-5,8,13H,6H2,1-2H3. The zero-order valence-corrected chi connectivity index (χ0v) is 9.43. The molecule has 2 rings (SSSR count). The maximum atomic E-state index is 10.1. The molecule has 1 N–H and O–H groups in total. The zero-order chi connectivity index (χ0) is 9.64. The lowest BCUT2D eigenvalue weighted by Crippen LogP contribution is -2.07. The van der Waals surface area contributed by atoms with Crippen LogP contribution in [-0.4, -0.2) is 5.11 Å². The zero-order valence-electron chi connectivity index (χ0n) is 7.84. The smallest absolute Gasteiger partial charge is 0.0926 e.